The van der Waals surface area contributed by atoms with Crippen molar-refractivity contribution in [2.45, 2.75) is 13.5 Å². The van der Waals surface area contributed by atoms with Crippen LogP contribution in [0, 0.1) is 6.92 Å². The summed E-state index contributed by atoms with van der Waals surface area (Å²) in [6.45, 7) is 2.91. The van der Waals surface area contributed by atoms with E-state index in [4.69, 9.17) is 0 Å². The van der Waals surface area contributed by atoms with Crippen molar-refractivity contribution < 1.29 is 0 Å². The monoisotopic (exact) mass is 348 g/mol. The maximum absolute atomic E-state index is 4.18. The molecule has 6 heteroatoms. The van der Waals surface area contributed by atoms with E-state index in [2.05, 4.69) is 44.3 Å². The van der Waals surface area contributed by atoms with E-state index in [1.54, 1.807) is 22.3 Å². The smallest absolute Gasteiger partial charge is 0.138 e. The van der Waals surface area contributed by atoms with Gasteiger partial charge in [0.1, 0.15) is 12.7 Å². The molecule has 0 saturated heterocycles. The maximum atomic E-state index is 4.18. The molecule has 1 aromatic carbocycles. The Morgan fingerprint density at radius 2 is 2.20 bits per heavy atom. The van der Waals surface area contributed by atoms with Gasteiger partial charge < -0.3 is 5.32 Å². The summed E-state index contributed by atoms with van der Waals surface area (Å²) >= 11 is 5.34. The molecule has 0 atom stereocenters. The predicted octanol–water partition coefficient (Wildman–Crippen LogP) is 4.01. The summed E-state index contributed by atoms with van der Waals surface area (Å²) in [6, 6.07) is 10.2. The molecule has 3 rings (SSSR count). The number of aryl methyl sites for hydroxylation is 1. The maximum Gasteiger partial charge on any atom is 0.138 e. The summed E-state index contributed by atoms with van der Waals surface area (Å²) in [5.41, 5.74) is 2.04. The average Bonchev–Trinajstić information content (AvgIpc) is 3.08. The second-order valence-corrected chi connectivity index (χ2v) is 6.52. The average molecular weight is 349 g/mol. The molecule has 0 aliphatic rings. The largest absolute Gasteiger partial charge is 0.378 e. The van der Waals surface area contributed by atoms with Crippen LogP contribution in [0.25, 0.3) is 5.69 Å². The molecule has 0 fully saturated rings. The van der Waals surface area contributed by atoms with Crippen molar-refractivity contribution in [3.63, 3.8) is 0 Å². The van der Waals surface area contributed by atoms with Crippen LogP contribution >= 0.6 is 27.3 Å². The Labute approximate surface area is 129 Å². The number of hydrogen-bond acceptors (Lipinski definition) is 4. The molecular weight excluding hydrogens is 336 g/mol. The molecular formula is C14H13BrN4S. The lowest BCUT2D eigenvalue weighted by Crippen LogP contribution is -2.03. The van der Waals surface area contributed by atoms with Gasteiger partial charge in [0, 0.05) is 20.8 Å². The SMILES string of the molecule is Cc1sc(CNc2ccccc2-n2cncn2)cc1Br. The third-order valence-corrected chi connectivity index (χ3v) is 5.07. The van der Waals surface area contributed by atoms with Crippen LogP contribution in [0.2, 0.25) is 0 Å². The summed E-state index contributed by atoms with van der Waals surface area (Å²) in [5.74, 6) is 0. The van der Waals surface area contributed by atoms with Crippen LogP contribution in [0.3, 0.4) is 0 Å². The second kappa shape index (κ2) is 5.76. The number of rotatable bonds is 4. The Hall–Kier alpha value is -1.66. The molecule has 3 aromatic rings. The van der Waals surface area contributed by atoms with Gasteiger partial charge in [0.05, 0.1) is 11.4 Å². The van der Waals surface area contributed by atoms with Gasteiger partial charge in [-0.25, -0.2) is 9.67 Å². The summed E-state index contributed by atoms with van der Waals surface area (Å²) in [6.07, 6.45) is 3.24. The van der Waals surface area contributed by atoms with Crippen molar-refractivity contribution >= 4 is 33.0 Å². The second-order valence-electron chi connectivity index (χ2n) is 4.33. The third kappa shape index (κ3) is 2.76. The molecule has 0 spiro atoms. The van der Waals surface area contributed by atoms with Crippen LogP contribution in [0.4, 0.5) is 5.69 Å². The Morgan fingerprint density at radius 3 is 2.90 bits per heavy atom. The van der Waals surface area contributed by atoms with Crippen molar-refractivity contribution in [3.8, 4) is 5.69 Å². The zero-order valence-corrected chi connectivity index (χ0v) is 13.3. The third-order valence-electron chi connectivity index (χ3n) is 2.93. The molecule has 0 aliphatic carbocycles. The zero-order chi connectivity index (χ0) is 13.9. The lowest BCUT2D eigenvalue weighted by atomic mass is 10.2. The summed E-state index contributed by atoms with van der Waals surface area (Å²) in [7, 11) is 0. The fourth-order valence-corrected chi connectivity index (χ4v) is 3.48. The van der Waals surface area contributed by atoms with Crippen LogP contribution < -0.4 is 5.32 Å². The number of para-hydroxylation sites is 2. The number of nitrogens with one attached hydrogen (secondary N) is 1. The fraction of sp³-hybridized carbons (Fsp3) is 0.143. The highest BCUT2D eigenvalue weighted by atomic mass is 79.9. The number of halogens is 1. The predicted molar refractivity (Wildman–Crippen MR) is 85.4 cm³/mol. The van der Waals surface area contributed by atoms with Crippen LogP contribution in [0.15, 0.2) is 47.5 Å². The van der Waals surface area contributed by atoms with Gasteiger partial charge in [-0.05, 0) is 41.1 Å². The Morgan fingerprint density at radius 1 is 1.35 bits per heavy atom. The van der Waals surface area contributed by atoms with Gasteiger partial charge in [-0.3, -0.25) is 0 Å². The standard InChI is InChI=1S/C14H13BrN4S/c1-10-12(15)6-11(20-10)7-17-13-4-2-3-5-14(13)19-9-16-8-18-19/h2-6,8-9,17H,7H2,1H3. The normalized spacial score (nSPS) is 10.7. The first kappa shape index (κ1) is 13.3. The topological polar surface area (TPSA) is 42.7 Å². The Balaban J connectivity index is 1.81. The van der Waals surface area contributed by atoms with Gasteiger partial charge in [0.25, 0.3) is 0 Å². The molecule has 4 nitrogen and oxygen atoms in total. The minimum atomic E-state index is 0.794. The molecule has 2 aromatic heterocycles. The molecule has 0 amide bonds. The van der Waals surface area contributed by atoms with E-state index in [9.17, 15) is 0 Å². The first-order valence-electron chi connectivity index (χ1n) is 6.17. The number of benzene rings is 1. The van der Waals surface area contributed by atoms with Crippen molar-refractivity contribution in [1.29, 1.82) is 0 Å². The van der Waals surface area contributed by atoms with Crippen LogP contribution in [0.5, 0.6) is 0 Å². The van der Waals surface area contributed by atoms with E-state index in [1.165, 1.54) is 20.6 Å². The molecule has 0 unspecified atom stereocenters. The Kier molecular flexibility index (Phi) is 3.84. The van der Waals surface area contributed by atoms with Crippen molar-refractivity contribution in [1.82, 2.24) is 14.8 Å². The molecule has 0 aliphatic heterocycles. The van der Waals surface area contributed by atoms with E-state index in [0.29, 0.717) is 0 Å². The lowest BCUT2D eigenvalue weighted by molar-refractivity contribution is 0.878. The van der Waals surface area contributed by atoms with E-state index in [0.717, 1.165) is 17.9 Å². The van der Waals surface area contributed by atoms with E-state index in [1.807, 2.05) is 24.3 Å². The first-order valence-corrected chi connectivity index (χ1v) is 7.77. The number of aromatic nitrogens is 3. The number of nitrogens with zero attached hydrogens (tertiary/aromatic N) is 3. The minimum absolute atomic E-state index is 0.794. The number of hydrogen-bond donors (Lipinski definition) is 1. The number of anilines is 1. The highest BCUT2D eigenvalue weighted by molar-refractivity contribution is 9.10. The highest BCUT2D eigenvalue weighted by Gasteiger charge is 2.06. The van der Waals surface area contributed by atoms with Gasteiger partial charge in [0.2, 0.25) is 0 Å². The lowest BCUT2D eigenvalue weighted by Gasteiger charge is -2.10. The summed E-state index contributed by atoms with van der Waals surface area (Å²) in [4.78, 5) is 6.58. The van der Waals surface area contributed by atoms with Crippen molar-refractivity contribution in [2.24, 2.45) is 0 Å². The molecule has 102 valence electrons. The van der Waals surface area contributed by atoms with Crippen LogP contribution in [-0.4, -0.2) is 14.8 Å². The molecule has 1 N–H and O–H groups in total. The van der Waals surface area contributed by atoms with Gasteiger partial charge in [-0.15, -0.1) is 11.3 Å². The van der Waals surface area contributed by atoms with Gasteiger partial charge >= 0.3 is 0 Å². The van der Waals surface area contributed by atoms with Gasteiger partial charge in [-0.2, -0.15) is 5.10 Å². The van der Waals surface area contributed by atoms with Gasteiger partial charge in [-0.1, -0.05) is 12.1 Å². The molecule has 0 bridgehead atoms. The number of thiophene rings is 1. The van der Waals surface area contributed by atoms with Gasteiger partial charge in [0.15, 0.2) is 0 Å². The Bertz CT molecular complexity index is 686. The van der Waals surface area contributed by atoms with Crippen LogP contribution in [0.1, 0.15) is 9.75 Å². The molecule has 0 saturated carbocycles. The van der Waals surface area contributed by atoms with Crippen LogP contribution in [-0.2, 0) is 6.54 Å². The molecule has 20 heavy (non-hydrogen) atoms. The molecule has 2 heterocycles. The minimum Gasteiger partial charge on any atom is -0.378 e. The summed E-state index contributed by atoms with van der Waals surface area (Å²) in [5, 5.41) is 7.64. The van der Waals surface area contributed by atoms with E-state index in [-0.39, 0.29) is 0 Å². The van der Waals surface area contributed by atoms with Crippen molar-refractivity contribution in [3.05, 3.63) is 57.2 Å². The summed E-state index contributed by atoms with van der Waals surface area (Å²) < 4.78 is 2.93. The quantitative estimate of drug-likeness (QED) is 0.774. The van der Waals surface area contributed by atoms with E-state index < -0.39 is 0 Å². The van der Waals surface area contributed by atoms with Crippen molar-refractivity contribution in [2.75, 3.05) is 5.32 Å². The molecule has 0 radical (unpaired) electrons. The highest BCUT2D eigenvalue weighted by Crippen LogP contribution is 2.27. The first-order chi connectivity index (χ1) is 9.74. The zero-order valence-electron chi connectivity index (χ0n) is 10.9. The van der Waals surface area contributed by atoms with E-state index >= 15 is 0 Å². The fourth-order valence-electron chi connectivity index (χ4n) is 1.94.